The van der Waals surface area contributed by atoms with E-state index in [0.29, 0.717) is 7.35 Å². The second kappa shape index (κ2) is 4.75. The van der Waals surface area contributed by atoms with Crippen LogP contribution in [0.1, 0.15) is 14.8 Å². The van der Waals surface area contributed by atoms with Crippen molar-refractivity contribution in [3.63, 3.8) is 0 Å². The Kier molecular flexibility index (Phi) is 3.15. The molecule has 0 atom stereocenters. The first-order valence-corrected chi connectivity index (χ1v) is 27.7. The van der Waals surface area contributed by atoms with Crippen LogP contribution in [-0.2, 0) is 17.1 Å². The first kappa shape index (κ1) is 14.6. The molecule has 2 aliphatic carbocycles. The summed E-state index contributed by atoms with van der Waals surface area (Å²) in [6, 6.07) is 18.2. The fraction of sp³-hybridized carbons (Fsp3) is 0.200. The zero-order valence-corrected chi connectivity index (χ0v) is 18.3. The standard InChI is InChI=1S/C13H9.C5H5.2CH3.Hf.H2Si/c1-3-7-12-10(5-1)9-11-6-2-4-8-13(11)12;1-2-4-5-3-1;;;;/h1-9H;1-5H;2*1H3;;1H2. The Hall–Kier alpha value is -0.993. The van der Waals surface area contributed by atoms with Crippen LogP contribution in [0.25, 0.3) is 11.1 Å². The first-order valence-electron chi connectivity index (χ1n) is 8.08. The van der Waals surface area contributed by atoms with Crippen LogP contribution in [0.15, 0.2) is 72.8 Å². The molecule has 0 fully saturated rings. The van der Waals surface area contributed by atoms with E-state index >= 15 is 0 Å². The topological polar surface area (TPSA) is 0 Å². The number of hydrogen-bond acceptors (Lipinski definition) is 0. The minimum atomic E-state index is -3.14. The summed E-state index contributed by atoms with van der Waals surface area (Å²) in [4.78, 5) is 0. The summed E-state index contributed by atoms with van der Waals surface area (Å²) in [7, 11) is 0. The number of allylic oxidation sites excluding steroid dienone is 4. The van der Waals surface area contributed by atoms with Crippen molar-refractivity contribution < 1.29 is 17.1 Å². The molecule has 110 valence electrons. The van der Waals surface area contributed by atoms with Crippen LogP contribution in [0.3, 0.4) is 0 Å². The molecule has 0 unspecified atom stereocenters. The summed E-state index contributed by atoms with van der Waals surface area (Å²) in [5.41, 5.74) is 6.08. The van der Waals surface area contributed by atoms with Crippen molar-refractivity contribution >= 4 is 6.94 Å². The van der Waals surface area contributed by atoms with Gasteiger partial charge in [-0.25, -0.2) is 0 Å². The fourth-order valence-electron chi connectivity index (χ4n) is 4.43. The van der Waals surface area contributed by atoms with Crippen LogP contribution in [0.4, 0.5) is 0 Å². The van der Waals surface area contributed by atoms with Gasteiger partial charge in [0.25, 0.3) is 0 Å². The van der Waals surface area contributed by atoms with Gasteiger partial charge in [-0.3, -0.25) is 0 Å². The van der Waals surface area contributed by atoms with Crippen molar-refractivity contribution in [3.05, 3.63) is 84.0 Å². The van der Waals surface area contributed by atoms with Gasteiger partial charge in [-0.1, -0.05) is 0 Å². The van der Waals surface area contributed by atoms with Crippen LogP contribution in [0.2, 0.25) is 13.0 Å². The maximum absolute atomic E-state index is 3.14. The summed E-state index contributed by atoms with van der Waals surface area (Å²) in [6.07, 6.45) is 9.39. The second-order valence-corrected chi connectivity index (χ2v) is 51.7. The number of fused-ring (bicyclic) bond motifs is 3. The predicted molar refractivity (Wildman–Crippen MR) is 96.0 cm³/mol. The van der Waals surface area contributed by atoms with Gasteiger partial charge in [0.05, 0.1) is 0 Å². The molecule has 2 aromatic carbocycles. The van der Waals surface area contributed by atoms with E-state index in [0.717, 1.165) is 0 Å². The summed E-state index contributed by atoms with van der Waals surface area (Å²) in [5, 5.41) is 0. The van der Waals surface area contributed by atoms with Gasteiger partial charge < -0.3 is 0 Å². The van der Waals surface area contributed by atoms with E-state index in [-0.39, 0.29) is 0 Å². The number of rotatable bonds is 2. The molecule has 0 saturated heterocycles. The fourth-order valence-corrected chi connectivity index (χ4v) is 26.1. The van der Waals surface area contributed by atoms with E-state index in [1.807, 2.05) is 0 Å². The van der Waals surface area contributed by atoms with E-state index in [1.54, 1.807) is 11.1 Å². The van der Waals surface area contributed by atoms with Crippen molar-refractivity contribution in [2.45, 2.75) is 16.7 Å². The van der Waals surface area contributed by atoms with E-state index in [9.17, 15) is 0 Å². The Balaban J connectivity index is 2.01. The summed E-state index contributed by atoms with van der Waals surface area (Å²) in [5.74, 6) is 0. The third-order valence-electron chi connectivity index (χ3n) is 5.62. The summed E-state index contributed by atoms with van der Waals surface area (Å²) >= 11 is -3.14. The molecule has 2 heteroatoms. The maximum atomic E-state index is 2.66. The van der Waals surface area contributed by atoms with Crippen LogP contribution in [0.5, 0.6) is 0 Å². The predicted octanol–water partition coefficient (Wildman–Crippen LogP) is 5.00. The van der Waals surface area contributed by atoms with Crippen molar-refractivity contribution in [1.29, 1.82) is 0 Å². The molecule has 0 saturated carbocycles. The van der Waals surface area contributed by atoms with Crippen LogP contribution in [0, 0.1) is 0 Å². The van der Waals surface area contributed by atoms with Crippen LogP contribution >= 0.6 is 0 Å². The average Bonchev–Trinajstić information content (AvgIpc) is 3.14. The SMILES string of the molecule is [CH3][Hf]([CH3])(=[SiH2])([CH]1C=CC=C1)[CH]1c2ccccc2-c2ccccc21. The monoisotopic (exact) mass is 470 g/mol. The van der Waals surface area contributed by atoms with Gasteiger partial charge in [0.1, 0.15) is 0 Å². The molecule has 4 rings (SSSR count). The van der Waals surface area contributed by atoms with Gasteiger partial charge in [0.2, 0.25) is 0 Å². The molecule has 0 N–H and O–H groups in total. The number of benzene rings is 2. The van der Waals surface area contributed by atoms with Crippen molar-refractivity contribution in [3.8, 4) is 11.1 Å². The van der Waals surface area contributed by atoms with E-state index in [4.69, 9.17) is 0 Å². The van der Waals surface area contributed by atoms with Gasteiger partial charge >= 0.3 is 136 Å². The summed E-state index contributed by atoms with van der Waals surface area (Å²) in [6.45, 7) is 2.38. The first-order chi connectivity index (χ1) is 10.5. The number of hydrogen-bond donors (Lipinski definition) is 0. The molecule has 0 spiro atoms. The third kappa shape index (κ3) is 1.96. The second-order valence-electron chi connectivity index (χ2n) is 7.84. The molecule has 0 bridgehead atoms. The van der Waals surface area contributed by atoms with Crippen molar-refractivity contribution in [2.75, 3.05) is 0 Å². The molecular weight excluding hydrogens is 447 g/mol. The van der Waals surface area contributed by atoms with Gasteiger partial charge in [-0.15, -0.1) is 0 Å². The molecule has 22 heavy (non-hydrogen) atoms. The molecule has 0 aliphatic heterocycles. The normalized spacial score (nSPS) is 17.8. The van der Waals surface area contributed by atoms with Crippen molar-refractivity contribution in [1.82, 2.24) is 0 Å². The third-order valence-corrected chi connectivity index (χ3v) is 31.1. The van der Waals surface area contributed by atoms with Gasteiger partial charge in [0.15, 0.2) is 0 Å². The van der Waals surface area contributed by atoms with Gasteiger partial charge in [-0.05, 0) is 0 Å². The van der Waals surface area contributed by atoms with Crippen LogP contribution in [-0.4, -0.2) is 6.94 Å². The van der Waals surface area contributed by atoms with E-state index < -0.39 is 17.1 Å². The average molecular weight is 469 g/mol. The van der Waals surface area contributed by atoms with E-state index in [1.165, 1.54) is 11.1 Å². The zero-order chi connectivity index (χ0) is 15.4. The molecule has 0 heterocycles. The molecule has 0 amide bonds. The molecule has 2 aliphatic rings. The molecule has 0 nitrogen and oxygen atoms in total. The van der Waals surface area contributed by atoms with Crippen molar-refractivity contribution in [2.24, 2.45) is 0 Å². The molecule has 0 aromatic heterocycles. The summed E-state index contributed by atoms with van der Waals surface area (Å²) < 4.78 is 6.63. The van der Waals surface area contributed by atoms with Gasteiger partial charge in [0, 0.05) is 0 Å². The minimum absolute atomic E-state index is 0.639. The molecule has 0 radical (unpaired) electrons. The van der Waals surface area contributed by atoms with Crippen LogP contribution < -0.4 is 0 Å². The van der Waals surface area contributed by atoms with E-state index in [2.05, 4.69) is 89.1 Å². The molecular formula is C20H22HfSi. The van der Waals surface area contributed by atoms with Gasteiger partial charge in [-0.2, -0.15) is 0 Å². The Bertz CT molecular complexity index is 825. The Labute approximate surface area is 135 Å². The Morgan fingerprint density at radius 1 is 0.773 bits per heavy atom. The Morgan fingerprint density at radius 2 is 1.23 bits per heavy atom. The zero-order valence-electron chi connectivity index (χ0n) is 13.3. The Morgan fingerprint density at radius 3 is 1.73 bits per heavy atom. The quantitative estimate of drug-likeness (QED) is 0.544. The molecule has 2 aromatic rings.